The van der Waals surface area contributed by atoms with Gasteiger partial charge in [-0.2, -0.15) is 0 Å². The van der Waals surface area contributed by atoms with E-state index >= 15 is 0 Å². The van der Waals surface area contributed by atoms with Gasteiger partial charge in [-0.15, -0.1) is 0 Å². The highest BCUT2D eigenvalue weighted by molar-refractivity contribution is 7.67. The summed E-state index contributed by atoms with van der Waals surface area (Å²) in [6.45, 7) is 4.24. The van der Waals surface area contributed by atoms with Gasteiger partial charge < -0.3 is 9.67 Å². The van der Waals surface area contributed by atoms with E-state index in [1.807, 2.05) is 36.1 Å². The van der Waals surface area contributed by atoms with Gasteiger partial charge >= 0.3 is 0 Å². The quantitative estimate of drug-likeness (QED) is 0.453. The number of unbranched alkanes of at least 4 members (excludes halogenated alkanes) is 2. The molecule has 0 aliphatic carbocycles. The second kappa shape index (κ2) is 10.00. The zero-order chi connectivity index (χ0) is 19.0. The first-order valence-corrected chi connectivity index (χ1v) is 11.9. The highest BCUT2D eigenvalue weighted by Gasteiger charge is 2.21. The van der Waals surface area contributed by atoms with Gasteiger partial charge in [0.05, 0.1) is 0 Å². The standard InChI is InChI=1S/C22H28ClO2P/c1-3-5-14-26(25,15-6-4-2)17-21(18-10-8-7-9-11-18)20-16-19(23)12-13-22(20)24/h7-13,16-17,24H,3-6,14-15H2,1-2H3. The van der Waals surface area contributed by atoms with Gasteiger partial charge in [-0.25, -0.2) is 0 Å². The molecule has 0 aliphatic rings. The third-order valence-electron chi connectivity index (χ3n) is 4.48. The van der Waals surface area contributed by atoms with Crippen LogP contribution in [0.2, 0.25) is 5.02 Å². The molecule has 0 radical (unpaired) electrons. The summed E-state index contributed by atoms with van der Waals surface area (Å²) in [5.74, 6) is 2.08. The largest absolute Gasteiger partial charge is 0.507 e. The molecular weight excluding hydrogens is 363 g/mol. The summed E-state index contributed by atoms with van der Waals surface area (Å²) in [6, 6.07) is 14.8. The van der Waals surface area contributed by atoms with Gasteiger partial charge in [-0.3, -0.25) is 0 Å². The van der Waals surface area contributed by atoms with Crippen molar-refractivity contribution in [2.24, 2.45) is 0 Å². The van der Waals surface area contributed by atoms with Crippen LogP contribution in [0, 0.1) is 0 Å². The van der Waals surface area contributed by atoms with E-state index in [2.05, 4.69) is 13.8 Å². The van der Waals surface area contributed by atoms with Crippen LogP contribution in [0.25, 0.3) is 5.57 Å². The molecule has 0 atom stereocenters. The third-order valence-corrected chi connectivity index (χ3v) is 7.59. The van der Waals surface area contributed by atoms with E-state index in [1.165, 1.54) is 0 Å². The van der Waals surface area contributed by atoms with Crippen LogP contribution in [0.1, 0.15) is 50.7 Å². The molecule has 140 valence electrons. The van der Waals surface area contributed by atoms with Crippen molar-refractivity contribution >= 4 is 24.3 Å². The zero-order valence-electron chi connectivity index (χ0n) is 15.6. The number of aromatic hydroxyl groups is 1. The van der Waals surface area contributed by atoms with Gasteiger partial charge in [0.25, 0.3) is 0 Å². The Morgan fingerprint density at radius 1 is 1.04 bits per heavy atom. The molecule has 2 rings (SSSR count). The number of hydrogen-bond acceptors (Lipinski definition) is 2. The van der Waals surface area contributed by atoms with E-state index in [-0.39, 0.29) is 5.75 Å². The van der Waals surface area contributed by atoms with Crippen LogP contribution in [0.5, 0.6) is 5.75 Å². The van der Waals surface area contributed by atoms with Crippen LogP contribution in [0.3, 0.4) is 0 Å². The Morgan fingerprint density at radius 2 is 1.65 bits per heavy atom. The minimum Gasteiger partial charge on any atom is -0.507 e. The number of hydrogen-bond donors (Lipinski definition) is 1. The lowest BCUT2D eigenvalue weighted by Gasteiger charge is -2.18. The first kappa shape index (κ1) is 20.8. The summed E-state index contributed by atoms with van der Waals surface area (Å²) in [5.41, 5.74) is 2.39. The van der Waals surface area contributed by atoms with Crippen molar-refractivity contribution in [3.8, 4) is 5.75 Å². The summed E-state index contributed by atoms with van der Waals surface area (Å²) in [7, 11) is -2.49. The fraction of sp³-hybridized carbons (Fsp3) is 0.364. The molecule has 0 amide bonds. The molecule has 2 aromatic carbocycles. The summed E-state index contributed by atoms with van der Waals surface area (Å²) >= 11 is 6.18. The predicted molar refractivity (Wildman–Crippen MR) is 114 cm³/mol. The van der Waals surface area contributed by atoms with Crippen molar-refractivity contribution in [1.29, 1.82) is 0 Å². The smallest absolute Gasteiger partial charge is 0.123 e. The molecule has 0 aromatic heterocycles. The number of halogens is 1. The molecule has 0 saturated heterocycles. The Bertz CT molecular complexity index is 772. The molecule has 1 N–H and O–H groups in total. The van der Waals surface area contributed by atoms with Gasteiger partial charge in [-0.1, -0.05) is 68.6 Å². The molecule has 2 nitrogen and oxygen atoms in total. The maximum Gasteiger partial charge on any atom is 0.123 e. The first-order chi connectivity index (χ1) is 12.5. The molecule has 0 bridgehead atoms. The zero-order valence-corrected chi connectivity index (χ0v) is 17.3. The van der Waals surface area contributed by atoms with E-state index < -0.39 is 7.14 Å². The van der Waals surface area contributed by atoms with Crippen molar-refractivity contribution in [3.63, 3.8) is 0 Å². The SMILES string of the molecule is CCCCP(=O)(C=C(c1ccccc1)c1cc(Cl)ccc1O)CCCC. The molecule has 0 heterocycles. The van der Waals surface area contributed by atoms with Crippen molar-refractivity contribution < 1.29 is 9.67 Å². The molecule has 4 heteroatoms. The average molecular weight is 391 g/mol. The van der Waals surface area contributed by atoms with Gasteiger partial charge in [-0.05, 0) is 48.0 Å². The summed E-state index contributed by atoms with van der Waals surface area (Å²) in [5, 5.41) is 11.0. The van der Waals surface area contributed by atoms with E-state index in [1.54, 1.807) is 18.2 Å². The maximum absolute atomic E-state index is 13.7. The molecule has 0 unspecified atom stereocenters. The van der Waals surface area contributed by atoms with Crippen molar-refractivity contribution in [1.82, 2.24) is 0 Å². The number of phenols is 1. The maximum atomic E-state index is 13.7. The van der Waals surface area contributed by atoms with E-state index in [9.17, 15) is 9.67 Å². The van der Waals surface area contributed by atoms with Crippen LogP contribution in [-0.4, -0.2) is 17.4 Å². The molecule has 0 spiro atoms. The number of rotatable bonds is 9. The lowest BCUT2D eigenvalue weighted by atomic mass is 9.99. The normalized spacial score (nSPS) is 12.3. The van der Waals surface area contributed by atoms with E-state index in [0.29, 0.717) is 22.9 Å². The predicted octanol–water partition coefficient (Wildman–Crippen LogP) is 7.40. The van der Waals surface area contributed by atoms with Gasteiger partial charge in [0.15, 0.2) is 0 Å². The van der Waals surface area contributed by atoms with Crippen LogP contribution >= 0.6 is 18.7 Å². The van der Waals surface area contributed by atoms with Crippen molar-refractivity contribution in [3.05, 3.63) is 70.5 Å². The Labute approximate surface area is 162 Å². The molecule has 0 saturated carbocycles. The second-order valence-corrected chi connectivity index (χ2v) is 10.2. The Morgan fingerprint density at radius 3 is 2.23 bits per heavy atom. The Hall–Kier alpha value is -1.50. The highest BCUT2D eigenvalue weighted by atomic mass is 35.5. The van der Waals surface area contributed by atoms with Gasteiger partial charge in [0.1, 0.15) is 12.9 Å². The molecule has 2 aromatic rings. The van der Waals surface area contributed by atoms with E-state index in [0.717, 1.165) is 36.8 Å². The lowest BCUT2D eigenvalue weighted by molar-refractivity contribution is 0.473. The minimum atomic E-state index is -2.49. The summed E-state index contributed by atoms with van der Waals surface area (Å²) < 4.78 is 13.7. The van der Waals surface area contributed by atoms with Crippen LogP contribution in [0.15, 0.2) is 54.3 Å². The third kappa shape index (κ3) is 5.76. The van der Waals surface area contributed by atoms with Crippen LogP contribution < -0.4 is 0 Å². The van der Waals surface area contributed by atoms with E-state index in [4.69, 9.17) is 11.6 Å². The molecule has 0 fully saturated rings. The van der Waals surface area contributed by atoms with Crippen molar-refractivity contribution in [2.75, 3.05) is 12.3 Å². The fourth-order valence-corrected chi connectivity index (χ4v) is 6.08. The molecule has 26 heavy (non-hydrogen) atoms. The summed E-state index contributed by atoms with van der Waals surface area (Å²) in [6.07, 6.45) is 5.35. The lowest BCUT2D eigenvalue weighted by Crippen LogP contribution is -1.97. The topological polar surface area (TPSA) is 37.3 Å². The second-order valence-electron chi connectivity index (χ2n) is 6.68. The highest BCUT2D eigenvalue weighted by Crippen LogP contribution is 2.52. The van der Waals surface area contributed by atoms with Gasteiger partial charge in [0, 0.05) is 22.9 Å². The van der Waals surface area contributed by atoms with Crippen LogP contribution in [-0.2, 0) is 4.57 Å². The van der Waals surface area contributed by atoms with Crippen LogP contribution in [0.4, 0.5) is 0 Å². The Balaban J connectivity index is 2.59. The number of benzene rings is 2. The average Bonchev–Trinajstić information content (AvgIpc) is 2.66. The minimum absolute atomic E-state index is 0.155. The van der Waals surface area contributed by atoms with Crippen molar-refractivity contribution in [2.45, 2.75) is 39.5 Å². The monoisotopic (exact) mass is 390 g/mol. The molecule has 0 aliphatic heterocycles. The van der Waals surface area contributed by atoms with Gasteiger partial charge in [0.2, 0.25) is 0 Å². The first-order valence-electron chi connectivity index (χ1n) is 9.34. The molecular formula is C22H28ClO2P. The summed E-state index contributed by atoms with van der Waals surface area (Å²) in [4.78, 5) is 0. The fourth-order valence-electron chi connectivity index (χ4n) is 2.97. The number of phenolic OH excluding ortho intramolecular Hbond substituents is 1. The Kier molecular flexibility index (Phi) is 8.00.